The van der Waals surface area contributed by atoms with Crippen LogP contribution in [0.4, 0.5) is 8.78 Å². The van der Waals surface area contributed by atoms with Crippen molar-refractivity contribution >= 4 is 11.9 Å². The van der Waals surface area contributed by atoms with E-state index in [9.17, 15) is 18.4 Å². The molecule has 1 saturated carbocycles. The van der Waals surface area contributed by atoms with Gasteiger partial charge in [0.15, 0.2) is 11.6 Å². The van der Waals surface area contributed by atoms with Gasteiger partial charge in [0.2, 0.25) is 0 Å². The highest BCUT2D eigenvalue weighted by Crippen LogP contribution is 2.27. The van der Waals surface area contributed by atoms with Gasteiger partial charge in [-0.2, -0.15) is 0 Å². The molecule has 1 aromatic rings. The van der Waals surface area contributed by atoms with Crippen LogP contribution in [0.1, 0.15) is 42.5 Å². The Kier molecular flexibility index (Phi) is 5.46. The molecule has 0 bridgehead atoms. The Morgan fingerprint density at radius 2 is 1.91 bits per heavy atom. The number of rotatable bonds is 4. The zero-order valence-corrected chi connectivity index (χ0v) is 12.4. The first-order valence-electron chi connectivity index (χ1n) is 7.37. The summed E-state index contributed by atoms with van der Waals surface area (Å²) in [7, 11) is 1.24. The topological polar surface area (TPSA) is 55.4 Å². The molecule has 1 amide bonds. The summed E-state index contributed by atoms with van der Waals surface area (Å²) in [6.07, 6.45) is 4.64. The number of hydrogen-bond donors (Lipinski definition) is 1. The van der Waals surface area contributed by atoms with Crippen LogP contribution in [0.5, 0.6) is 0 Å². The third-order valence-corrected chi connectivity index (χ3v) is 4.06. The van der Waals surface area contributed by atoms with Gasteiger partial charge < -0.3 is 10.1 Å². The molecule has 0 heterocycles. The largest absolute Gasteiger partial charge is 0.467 e. The normalized spacial score (nSPS) is 16.9. The van der Waals surface area contributed by atoms with E-state index in [0.29, 0.717) is 0 Å². The van der Waals surface area contributed by atoms with E-state index in [2.05, 4.69) is 5.32 Å². The number of amides is 1. The van der Waals surface area contributed by atoms with Crippen molar-refractivity contribution < 1.29 is 23.1 Å². The molecule has 0 aliphatic heterocycles. The number of halogens is 2. The van der Waals surface area contributed by atoms with E-state index in [0.717, 1.165) is 38.2 Å². The predicted molar refractivity (Wildman–Crippen MR) is 76.2 cm³/mol. The van der Waals surface area contributed by atoms with Gasteiger partial charge in [-0.05, 0) is 30.9 Å². The predicted octanol–water partition coefficient (Wildman–Crippen LogP) is 2.82. The van der Waals surface area contributed by atoms with Crippen molar-refractivity contribution in [3.05, 3.63) is 35.4 Å². The van der Waals surface area contributed by atoms with Gasteiger partial charge >= 0.3 is 5.97 Å². The van der Waals surface area contributed by atoms with Crippen LogP contribution in [-0.4, -0.2) is 25.0 Å². The van der Waals surface area contributed by atoms with E-state index < -0.39 is 35.1 Å². The molecule has 120 valence electrons. The van der Waals surface area contributed by atoms with E-state index in [1.807, 2.05) is 0 Å². The van der Waals surface area contributed by atoms with Gasteiger partial charge in [-0.3, -0.25) is 4.79 Å². The summed E-state index contributed by atoms with van der Waals surface area (Å²) in [5, 5.41) is 2.50. The quantitative estimate of drug-likeness (QED) is 0.870. The Balaban J connectivity index is 2.17. The lowest BCUT2D eigenvalue weighted by atomic mass is 9.83. The number of hydrogen-bond acceptors (Lipinski definition) is 3. The average Bonchev–Trinajstić information content (AvgIpc) is 2.55. The number of nitrogens with one attached hydrogen (secondary N) is 1. The van der Waals surface area contributed by atoms with Crippen molar-refractivity contribution in [1.82, 2.24) is 5.32 Å². The summed E-state index contributed by atoms with van der Waals surface area (Å²) in [6, 6.07) is 2.54. The fourth-order valence-electron chi connectivity index (χ4n) is 2.86. The van der Waals surface area contributed by atoms with Crippen molar-refractivity contribution in [2.75, 3.05) is 7.11 Å². The molecular weight excluding hydrogens is 292 g/mol. The van der Waals surface area contributed by atoms with Crippen molar-refractivity contribution in [1.29, 1.82) is 0 Å². The van der Waals surface area contributed by atoms with Crippen molar-refractivity contribution in [2.45, 2.75) is 38.1 Å². The second-order valence-corrected chi connectivity index (χ2v) is 5.47. The van der Waals surface area contributed by atoms with E-state index >= 15 is 0 Å². The van der Waals surface area contributed by atoms with E-state index in [4.69, 9.17) is 4.74 Å². The molecule has 1 aliphatic rings. The molecule has 1 aliphatic carbocycles. The van der Waals surface area contributed by atoms with Gasteiger partial charge in [-0.1, -0.05) is 25.3 Å². The van der Waals surface area contributed by atoms with Crippen LogP contribution in [0.3, 0.4) is 0 Å². The minimum atomic E-state index is -1.22. The second-order valence-electron chi connectivity index (χ2n) is 5.47. The molecule has 6 heteroatoms. The molecule has 4 nitrogen and oxygen atoms in total. The lowest BCUT2D eigenvalue weighted by molar-refractivity contribution is -0.144. The SMILES string of the molecule is COC(=O)[C@H](NC(=O)c1cccc(F)c1F)C1CCCCC1. The number of methoxy groups -OCH3 is 1. The monoisotopic (exact) mass is 311 g/mol. The average molecular weight is 311 g/mol. The van der Waals surface area contributed by atoms with Crippen LogP contribution < -0.4 is 5.32 Å². The first-order chi connectivity index (χ1) is 10.5. The van der Waals surface area contributed by atoms with Gasteiger partial charge in [0.25, 0.3) is 5.91 Å². The highest BCUT2D eigenvalue weighted by Gasteiger charge is 2.32. The van der Waals surface area contributed by atoms with E-state index in [1.54, 1.807) is 0 Å². The summed E-state index contributed by atoms with van der Waals surface area (Å²) in [5.74, 6) is -3.72. The van der Waals surface area contributed by atoms with E-state index in [-0.39, 0.29) is 5.92 Å². The third kappa shape index (κ3) is 3.61. The molecule has 1 aromatic carbocycles. The van der Waals surface area contributed by atoms with Crippen LogP contribution >= 0.6 is 0 Å². The lowest BCUT2D eigenvalue weighted by Gasteiger charge is -2.29. The van der Waals surface area contributed by atoms with Crippen LogP contribution in [0.25, 0.3) is 0 Å². The summed E-state index contributed by atoms with van der Waals surface area (Å²) < 4.78 is 31.6. The van der Waals surface area contributed by atoms with Crippen LogP contribution in [0, 0.1) is 17.6 Å². The van der Waals surface area contributed by atoms with Gasteiger partial charge in [-0.25, -0.2) is 13.6 Å². The zero-order chi connectivity index (χ0) is 16.1. The Morgan fingerprint density at radius 1 is 1.23 bits per heavy atom. The fraction of sp³-hybridized carbons (Fsp3) is 0.500. The number of benzene rings is 1. The molecular formula is C16H19F2NO3. The maximum absolute atomic E-state index is 13.7. The Bertz CT molecular complexity index is 556. The third-order valence-electron chi connectivity index (χ3n) is 4.06. The molecule has 0 aromatic heterocycles. The van der Waals surface area contributed by atoms with Gasteiger partial charge in [0, 0.05) is 0 Å². The van der Waals surface area contributed by atoms with Crippen LogP contribution in [0.15, 0.2) is 18.2 Å². The van der Waals surface area contributed by atoms with Gasteiger partial charge in [0.1, 0.15) is 6.04 Å². The molecule has 0 spiro atoms. The Hall–Kier alpha value is -1.98. The minimum absolute atomic E-state index is 0.0400. The molecule has 0 saturated heterocycles. The maximum Gasteiger partial charge on any atom is 0.328 e. The summed E-state index contributed by atoms with van der Waals surface area (Å²) in [6.45, 7) is 0. The van der Waals surface area contributed by atoms with Crippen LogP contribution in [-0.2, 0) is 9.53 Å². The number of carbonyl (C=O) groups is 2. The first kappa shape index (κ1) is 16.4. The van der Waals surface area contributed by atoms with E-state index in [1.165, 1.54) is 19.2 Å². The van der Waals surface area contributed by atoms with Crippen molar-refractivity contribution in [2.24, 2.45) is 5.92 Å². The molecule has 0 radical (unpaired) electrons. The molecule has 1 fully saturated rings. The number of esters is 1. The van der Waals surface area contributed by atoms with Gasteiger partial charge in [-0.15, -0.1) is 0 Å². The zero-order valence-electron chi connectivity index (χ0n) is 12.4. The Morgan fingerprint density at radius 3 is 2.55 bits per heavy atom. The molecule has 1 N–H and O–H groups in total. The Labute approximate surface area is 127 Å². The van der Waals surface area contributed by atoms with Gasteiger partial charge in [0.05, 0.1) is 12.7 Å². The molecule has 1 atom stereocenters. The number of ether oxygens (including phenoxy) is 1. The standard InChI is InChI=1S/C16H19F2NO3/c1-22-16(21)14(10-6-3-2-4-7-10)19-15(20)11-8-5-9-12(17)13(11)18/h5,8-10,14H,2-4,6-7H2,1H3,(H,19,20)/t14-/m1/s1. The molecule has 0 unspecified atom stereocenters. The first-order valence-corrected chi connectivity index (χ1v) is 7.37. The smallest absolute Gasteiger partial charge is 0.328 e. The van der Waals surface area contributed by atoms with Crippen molar-refractivity contribution in [3.8, 4) is 0 Å². The maximum atomic E-state index is 13.7. The fourth-order valence-corrected chi connectivity index (χ4v) is 2.86. The summed E-state index contributed by atoms with van der Waals surface area (Å²) in [5.41, 5.74) is -0.412. The second kappa shape index (κ2) is 7.33. The molecule has 2 rings (SSSR count). The molecule has 22 heavy (non-hydrogen) atoms. The number of carbonyl (C=O) groups excluding carboxylic acids is 2. The summed E-state index contributed by atoms with van der Waals surface area (Å²) >= 11 is 0. The van der Waals surface area contributed by atoms with Crippen LogP contribution in [0.2, 0.25) is 0 Å². The van der Waals surface area contributed by atoms with Crippen molar-refractivity contribution in [3.63, 3.8) is 0 Å². The summed E-state index contributed by atoms with van der Waals surface area (Å²) in [4.78, 5) is 24.1. The lowest BCUT2D eigenvalue weighted by Crippen LogP contribution is -2.47. The highest BCUT2D eigenvalue weighted by molar-refractivity contribution is 5.97. The highest BCUT2D eigenvalue weighted by atomic mass is 19.2. The minimum Gasteiger partial charge on any atom is -0.467 e.